The number of benzene rings is 2. The second kappa shape index (κ2) is 7.40. The van der Waals surface area contributed by atoms with Crippen LogP contribution in [0.25, 0.3) is 22.0 Å². The lowest BCUT2D eigenvalue weighted by atomic mass is 10.0. The molecular weight excluding hydrogens is 358 g/mol. The minimum atomic E-state index is -0.573. The van der Waals surface area contributed by atoms with E-state index in [1.165, 1.54) is 18.2 Å². The number of allylic oxidation sites excluding steroid dienone is 1. The summed E-state index contributed by atoms with van der Waals surface area (Å²) in [6, 6.07) is 11.1. The Balaban J connectivity index is 2.28. The molecule has 6 heteroatoms. The highest BCUT2D eigenvalue weighted by atomic mass is 35.5. The number of halogens is 3. The Bertz CT molecular complexity index is 1010. The van der Waals surface area contributed by atoms with Crippen molar-refractivity contribution in [3.8, 4) is 11.1 Å². The summed E-state index contributed by atoms with van der Waals surface area (Å²) in [5.41, 5.74) is 8.86. The van der Waals surface area contributed by atoms with Gasteiger partial charge in [0.1, 0.15) is 11.6 Å². The molecule has 3 aromatic rings. The van der Waals surface area contributed by atoms with Crippen molar-refractivity contribution in [2.45, 2.75) is 13.5 Å². The Labute approximate surface area is 154 Å². The molecular formula is C20H17ClF2N2O. The summed E-state index contributed by atoms with van der Waals surface area (Å²) in [7, 11) is 0. The van der Waals surface area contributed by atoms with Crippen LogP contribution in [0.2, 0.25) is 0 Å². The van der Waals surface area contributed by atoms with E-state index < -0.39 is 5.24 Å². The summed E-state index contributed by atoms with van der Waals surface area (Å²) in [4.78, 5) is 11.6. The predicted molar refractivity (Wildman–Crippen MR) is 100 cm³/mol. The maximum atomic E-state index is 14.1. The molecule has 0 saturated carbocycles. The third-order valence-electron chi connectivity index (χ3n) is 4.33. The van der Waals surface area contributed by atoms with Gasteiger partial charge < -0.3 is 10.3 Å². The normalized spacial score (nSPS) is 12.0. The predicted octanol–water partition coefficient (Wildman–Crippen LogP) is 4.95. The van der Waals surface area contributed by atoms with Gasteiger partial charge in [-0.25, -0.2) is 8.78 Å². The standard InChI is InChI=1S/C20H17ClF2N2O/c1-12-19(13-2-5-15(22)6-3-13)17-10-14(20(21)26)4-7-18(17)25(12)11-16(23)8-9-24/h2-8,10H,9,11,24H2,1H3/b16-8-. The van der Waals surface area contributed by atoms with Crippen LogP contribution >= 0.6 is 11.6 Å². The topological polar surface area (TPSA) is 48.0 Å². The molecule has 0 aliphatic carbocycles. The molecule has 1 heterocycles. The van der Waals surface area contributed by atoms with E-state index in [4.69, 9.17) is 17.3 Å². The van der Waals surface area contributed by atoms with Crippen LogP contribution < -0.4 is 5.73 Å². The molecule has 0 bridgehead atoms. The van der Waals surface area contributed by atoms with E-state index in [1.807, 2.05) is 6.92 Å². The number of aromatic nitrogens is 1. The van der Waals surface area contributed by atoms with E-state index in [2.05, 4.69) is 0 Å². The van der Waals surface area contributed by atoms with E-state index in [0.717, 1.165) is 27.7 Å². The van der Waals surface area contributed by atoms with Crippen LogP contribution in [-0.2, 0) is 6.54 Å². The van der Waals surface area contributed by atoms with Gasteiger partial charge in [0.25, 0.3) is 5.24 Å². The number of nitrogens with two attached hydrogens (primary N) is 1. The third-order valence-corrected chi connectivity index (χ3v) is 4.55. The molecule has 0 aliphatic heterocycles. The molecule has 134 valence electrons. The average Bonchev–Trinajstić information content (AvgIpc) is 2.87. The lowest BCUT2D eigenvalue weighted by Gasteiger charge is -2.08. The Hall–Kier alpha value is -2.50. The van der Waals surface area contributed by atoms with Gasteiger partial charge in [0.05, 0.1) is 6.54 Å². The van der Waals surface area contributed by atoms with Gasteiger partial charge in [-0.2, -0.15) is 0 Å². The Morgan fingerprint density at radius 3 is 2.54 bits per heavy atom. The van der Waals surface area contributed by atoms with E-state index in [9.17, 15) is 13.6 Å². The van der Waals surface area contributed by atoms with Crippen molar-refractivity contribution in [1.82, 2.24) is 4.57 Å². The fraction of sp³-hybridized carbons (Fsp3) is 0.150. The zero-order valence-electron chi connectivity index (χ0n) is 14.1. The van der Waals surface area contributed by atoms with Crippen LogP contribution in [0, 0.1) is 12.7 Å². The van der Waals surface area contributed by atoms with Crippen molar-refractivity contribution < 1.29 is 13.6 Å². The molecule has 1 aromatic heterocycles. The van der Waals surface area contributed by atoms with Crippen molar-refractivity contribution in [3.63, 3.8) is 0 Å². The fourth-order valence-corrected chi connectivity index (χ4v) is 3.25. The molecule has 0 spiro atoms. The summed E-state index contributed by atoms with van der Waals surface area (Å²) < 4.78 is 29.2. The van der Waals surface area contributed by atoms with Crippen LogP contribution in [0.1, 0.15) is 16.1 Å². The molecule has 0 atom stereocenters. The first-order valence-corrected chi connectivity index (χ1v) is 8.43. The minimum absolute atomic E-state index is 0.0227. The molecule has 2 N–H and O–H groups in total. The van der Waals surface area contributed by atoms with Crippen molar-refractivity contribution in [2.75, 3.05) is 6.54 Å². The molecule has 26 heavy (non-hydrogen) atoms. The van der Waals surface area contributed by atoms with Gasteiger partial charge in [0.15, 0.2) is 0 Å². The van der Waals surface area contributed by atoms with Gasteiger partial charge in [0, 0.05) is 34.3 Å². The van der Waals surface area contributed by atoms with Gasteiger partial charge in [0.2, 0.25) is 0 Å². The van der Waals surface area contributed by atoms with E-state index in [-0.39, 0.29) is 24.7 Å². The first-order valence-electron chi connectivity index (χ1n) is 8.05. The Kier molecular flexibility index (Phi) is 5.20. The molecule has 0 radical (unpaired) electrons. The fourth-order valence-electron chi connectivity index (χ4n) is 3.13. The molecule has 0 fully saturated rings. The van der Waals surface area contributed by atoms with Crippen LogP contribution in [0.3, 0.4) is 0 Å². The van der Waals surface area contributed by atoms with Gasteiger partial charge >= 0.3 is 0 Å². The molecule has 3 rings (SSSR count). The number of carbonyl (C=O) groups is 1. The lowest BCUT2D eigenvalue weighted by Crippen LogP contribution is -2.03. The molecule has 0 saturated heterocycles. The number of rotatable bonds is 5. The van der Waals surface area contributed by atoms with E-state index in [0.29, 0.717) is 5.56 Å². The molecule has 0 aliphatic rings. The van der Waals surface area contributed by atoms with Crippen molar-refractivity contribution in [3.05, 3.63) is 71.4 Å². The molecule has 0 amide bonds. The highest BCUT2D eigenvalue weighted by Gasteiger charge is 2.18. The third kappa shape index (κ3) is 3.41. The zero-order valence-corrected chi connectivity index (χ0v) is 14.9. The average molecular weight is 375 g/mol. The van der Waals surface area contributed by atoms with Gasteiger partial charge in [-0.3, -0.25) is 4.79 Å². The molecule has 3 nitrogen and oxygen atoms in total. The summed E-state index contributed by atoms with van der Waals surface area (Å²) in [5.74, 6) is -0.695. The number of hydrogen-bond donors (Lipinski definition) is 1. The van der Waals surface area contributed by atoms with E-state index in [1.54, 1.807) is 34.9 Å². The summed E-state index contributed by atoms with van der Waals surface area (Å²) >= 11 is 5.62. The maximum absolute atomic E-state index is 14.1. The Morgan fingerprint density at radius 1 is 1.23 bits per heavy atom. The van der Waals surface area contributed by atoms with Gasteiger partial charge in [-0.15, -0.1) is 0 Å². The first kappa shape index (κ1) is 18.3. The first-order chi connectivity index (χ1) is 12.4. The minimum Gasteiger partial charge on any atom is -0.337 e. The lowest BCUT2D eigenvalue weighted by molar-refractivity contribution is 0.108. The second-order valence-electron chi connectivity index (χ2n) is 5.95. The van der Waals surface area contributed by atoms with Crippen molar-refractivity contribution in [1.29, 1.82) is 0 Å². The highest BCUT2D eigenvalue weighted by Crippen LogP contribution is 2.36. The van der Waals surface area contributed by atoms with Crippen molar-refractivity contribution >= 4 is 27.7 Å². The molecule has 2 aromatic carbocycles. The summed E-state index contributed by atoms with van der Waals surface area (Å²) in [6.45, 7) is 1.99. The van der Waals surface area contributed by atoms with Crippen molar-refractivity contribution in [2.24, 2.45) is 5.73 Å². The quantitative estimate of drug-likeness (QED) is 0.642. The number of fused-ring (bicyclic) bond motifs is 1. The monoisotopic (exact) mass is 374 g/mol. The summed E-state index contributed by atoms with van der Waals surface area (Å²) in [6.07, 6.45) is 1.32. The maximum Gasteiger partial charge on any atom is 0.252 e. The van der Waals surface area contributed by atoms with Gasteiger partial charge in [-0.05, 0) is 60.5 Å². The Morgan fingerprint density at radius 2 is 1.92 bits per heavy atom. The van der Waals surface area contributed by atoms with E-state index >= 15 is 0 Å². The van der Waals surface area contributed by atoms with Gasteiger partial charge in [-0.1, -0.05) is 12.1 Å². The summed E-state index contributed by atoms with van der Waals surface area (Å²) in [5, 5.41) is 0.178. The number of nitrogens with zero attached hydrogens (tertiary/aromatic N) is 1. The SMILES string of the molecule is Cc1c(-c2ccc(F)cc2)c2cc(C(=O)Cl)ccc2n1C/C(F)=C/CN. The number of hydrogen-bond acceptors (Lipinski definition) is 2. The van der Waals surface area contributed by atoms with Crippen LogP contribution in [0.5, 0.6) is 0 Å². The van der Waals surface area contributed by atoms with Crippen LogP contribution in [-0.4, -0.2) is 16.4 Å². The zero-order chi connectivity index (χ0) is 18.8. The van der Waals surface area contributed by atoms with Crippen LogP contribution in [0.15, 0.2) is 54.4 Å². The smallest absolute Gasteiger partial charge is 0.252 e. The molecule has 0 unspecified atom stereocenters. The highest BCUT2D eigenvalue weighted by molar-refractivity contribution is 6.67. The second-order valence-corrected chi connectivity index (χ2v) is 6.29. The number of carbonyl (C=O) groups excluding carboxylic acids is 1. The van der Waals surface area contributed by atoms with Crippen LogP contribution in [0.4, 0.5) is 8.78 Å². The largest absolute Gasteiger partial charge is 0.337 e.